The molecule has 0 bridgehead atoms. The maximum absolute atomic E-state index is 11.7. The van der Waals surface area contributed by atoms with E-state index in [-0.39, 0.29) is 30.5 Å². The zero-order chi connectivity index (χ0) is 15.9. The molecule has 2 aromatic carbocycles. The molecule has 114 valence electrons. The van der Waals surface area contributed by atoms with Gasteiger partial charge in [-0.3, -0.25) is 14.9 Å². The SMILES string of the molecule is O=C(COc1cccc([N+](=O)[O-])c1)NCc1ccccc1Cl. The van der Waals surface area contributed by atoms with E-state index in [9.17, 15) is 14.9 Å². The number of benzene rings is 2. The highest BCUT2D eigenvalue weighted by Gasteiger charge is 2.08. The van der Waals surface area contributed by atoms with E-state index in [1.807, 2.05) is 12.1 Å². The number of rotatable bonds is 6. The van der Waals surface area contributed by atoms with Crippen LogP contribution in [0.2, 0.25) is 5.02 Å². The highest BCUT2D eigenvalue weighted by Crippen LogP contribution is 2.19. The van der Waals surface area contributed by atoms with E-state index in [0.717, 1.165) is 5.56 Å². The van der Waals surface area contributed by atoms with Crippen LogP contribution in [0.5, 0.6) is 5.75 Å². The first kappa shape index (κ1) is 15.8. The Bertz CT molecular complexity index is 691. The second-order valence-corrected chi connectivity index (χ2v) is 4.82. The fourth-order valence-electron chi connectivity index (χ4n) is 1.72. The molecule has 0 aliphatic carbocycles. The van der Waals surface area contributed by atoms with Crippen LogP contribution in [0.4, 0.5) is 5.69 Å². The lowest BCUT2D eigenvalue weighted by Crippen LogP contribution is -2.28. The second kappa shape index (κ2) is 7.42. The molecule has 2 rings (SSSR count). The Kier molecular flexibility index (Phi) is 5.32. The first-order chi connectivity index (χ1) is 10.6. The Morgan fingerprint density at radius 2 is 2.00 bits per heavy atom. The van der Waals surface area contributed by atoms with Crippen LogP contribution in [0.1, 0.15) is 5.56 Å². The Balaban J connectivity index is 1.84. The number of nitrogens with one attached hydrogen (secondary N) is 1. The molecule has 0 aromatic heterocycles. The molecule has 0 radical (unpaired) electrons. The van der Waals surface area contributed by atoms with Crippen molar-refractivity contribution in [2.75, 3.05) is 6.61 Å². The van der Waals surface area contributed by atoms with Crippen molar-refractivity contribution in [1.82, 2.24) is 5.32 Å². The lowest BCUT2D eigenvalue weighted by Gasteiger charge is -2.08. The third kappa shape index (κ3) is 4.46. The highest BCUT2D eigenvalue weighted by molar-refractivity contribution is 6.31. The van der Waals surface area contributed by atoms with Gasteiger partial charge < -0.3 is 10.1 Å². The van der Waals surface area contributed by atoms with E-state index < -0.39 is 4.92 Å². The summed E-state index contributed by atoms with van der Waals surface area (Å²) in [4.78, 5) is 21.8. The number of hydrogen-bond donors (Lipinski definition) is 1. The Morgan fingerprint density at radius 3 is 2.73 bits per heavy atom. The van der Waals surface area contributed by atoms with Crippen molar-refractivity contribution < 1.29 is 14.5 Å². The summed E-state index contributed by atoms with van der Waals surface area (Å²) in [5.74, 6) is -0.0754. The average molecular weight is 321 g/mol. The summed E-state index contributed by atoms with van der Waals surface area (Å²) < 4.78 is 5.23. The molecule has 2 aromatic rings. The number of nitro groups is 1. The number of ether oxygens (including phenoxy) is 1. The third-order valence-corrected chi connectivity index (χ3v) is 3.20. The van der Waals surface area contributed by atoms with Crippen molar-refractivity contribution in [3.63, 3.8) is 0 Å². The van der Waals surface area contributed by atoms with Gasteiger partial charge in [-0.25, -0.2) is 0 Å². The van der Waals surface area contributed by atoms with Crippen molar-refractivity contribution >= 4 is 23.2 Å². The number of amides is 1. The molecule has 1 N–H and O–H groups in total. The third-order valence-electron chi connectivity index (χ3n) is 2.83. The van der Waals surface area contributed by atoms with Crippen molar-refractivity contribution in [2.24, 2.45) is 0 Å². The molecule has 0 unspecified atom stereocenters. The normalized spacial score (nSPS) is 10.0. The van der Waals surface area contributed by atoms with Gasteiger partial charge in [0.05, 0.1) is 11.0 Å². The molecule has 0 heterocycles. The van der Waals surface area contributed by atoms with Gasteiger partial charge in [0.25, 0.3) is 11.6 Å². The van der Waals surface area contributed by atoms with Crippen molar-refractivity contribution in [1.29, 1.82) is 0 Å². The van der Waals surface area contributed by atoms with Gasteiger partial charge in [-0.05, 0) is 17.7 Å². The predicted octanol–water partition coefficient (Wildman–Crippen LogP) is 2.94. The summed E-state index contributed by atoms with van der Waals surface area (Å²) in [5, 5.41) is 13.9. The summed E-state index contributed by atoms with van der Waals surface area (Å²) in [6, 6.07) is 12.8. The van der Waals surface area contributed by atoms with Crippen LogP contribution in [-0.2, 0) is 11.3 Å². The lowest BCUT2D eigenvalue weighted by atomic mass is 10.2. The van der Waals surface area contributed by atoms with E-state index in [4.69, 9.17) is 16.3 Å². The molecule has 1 amide bonds. The molecule has 6 nitrogen and oxygen atoms in total. The molecule has 0 fully saturated rings. The van der Waals surface area contributed by atoms with Crippen LogP contribution < -0.4 is 10.1 Å². The molecule has 7 heteroatoms. The molecule has 0 aliphatic heterocycles. The quantitative estimate of drug-likeness (QED) is 0.655. The first-order valence-corrected chi connectivity index (χ1v) is 6.81. The van der Waals surface area contributed by atoms with Gasteiger partial charge in [-0.15, -0.1) is 0 Å². The molecular weight excluding hydrogens is 308 g/mol. The van der Waals surface area contributed by atoms with Gasteiger partial charge in [0, 0.05) is 17.6 Å². The minimum absolute atomic E-state index is 0.0889. The second-order valence-electron chi connectivity index (χ2n) is 4.41. The van der Waals surface area contributed by atoms with E-state index in [2.05, 4.69) is 5.32 Å². The number of nitrogens with zero attached hydrogens (tertiary/aromatic N) is 1. The topological polar surface area (TPSA) is 81.5 Å². The van der Waals surface area contributed by atoms with Crippen LogP contribution in [0.3, 0.4) is 0 Å². The zero-order valence-electron chi connectivity index (χ0n) is 11.5. The van der Waals surface area contributed by atoms with Crippen molar-refractivity contribution in [3.8, 4) is 5.75 Å². The number of halogens is 1. The Morgan fingerprint density at radius 1 is 1.23 bits per heavy atom. The van der Waals surface area contributed by atoms with E-state index >= 15 is 0 Å². The smallest absolute Gasteiger partial charge is 0.273 e. The lowest BCUT2D eigenvalue weighted by molar-refractivity contribution is -0.384. The van der Waals surface area contributed by atoms with Gasteiger partial charge >= 0.3 is 0 Å². The number of hydrogen-bond acceptors (Lipinski definition) is 4. The highest BCUT2D eigenvalue weighted by atomic mass is 35.5. The Labute approximate surface area is 131 Å². The number of non-ortho nitro benzene ring substituents is 1. The van der Waals surface area contributed by atoms with Gasteiger partial charge in [0.15, 0.2) is 6.61 Å². The summed E-state index contributed by atoms with van der Waals surface area (Å²) in [5.41, 5.74) is 0.710. The number of carbonyl (C=O) groups is 1. The van der Waals surface area contributed by atoms with Gasteiger partial charge in [0.1, 0.15) is 5.75 Å². The maximum Gasteiger partial charge on any atom is 0.273 e. The number of carbonyl (C=O) groups excluding carboxylic acids is 1. The van der Waals surface area contributed by atoms with Gasteiger partial charge in [0.2, 0.25) is 0 Å². The minimum Gasteiger partial charge on any atom is -0.484 e. The summed E-state index contributed by atoms with van der Waals surface area (Å²) in [6.07, 6.45) is 0. The van der Waals surface area contributed by atoms with Crippen LogP contribution in [-0.4, -0.2) is 17.4 Å². The molecular formula is C15H13ClN2O4. The van der Waals surface area contributed by atoms with Crippen LogP contribution in [0, 0.1) is 10.1 Å². The summed E-state index contributed by atoms with van der Waals surface area (Å²) in [6.45, 7) is 0.0580. The fraction of sp³-hybridized carbons (Fsp3) is 0.133. The fourth-order valence-corrected chi connectivity index (χ4v) is 1.92. The number of nitro benzene ring substituents is 1. The van der Waals surface area contributed by atoms with E-state index in [1.54, 1.807) is 18.2 Å². The first-order valence-electron chi connectivity index (χ1n) is 6.43. The molecule has 22 heavy (non-hydrogen) atoms. The molecule has 0 saturated carbocycles. The van der Waals surface area contributed by atoms with Crippen LogP contribution in [0.15, 0.2) is 48.5 Å². The van der Waals surface area contributed by atoms with Crippen LogP contribution in [0.25, 0.3) is 0 Å². The summed E-state index contributed by atoms with van der Waals surface area (Å²) in [7, 11) is 0. The van der Waals surface area contributed by atoms with E-state index in [0.29, 0.717) is 5.02 Å². The van der Waals surface area contributed by atoms with Gasteiger partial charge in [-0.1, -0.05) is 35.9 Å². The monoisotopic (exact) mass is 320 g/mol. The standard InChI is InChI=1S/C15H13ClN2O4/c16-14-7-2-1-4-11(14)9-17-15(19)10-22-13-6-3-5-12(8-13)18(20)21/h1-8H,9-10H2,(H,17,19). The Hall–Kier alpha value is -2.60. The average Bonchev–Trinajstić information content (AvgIpc) is 2.52. The predicted molar refractivity (Wildman–Crippen MR) is 81.9 cm³/mol. The van der Waals surface area contributed by atoms with E-state index in [1.165, 1.54) is 18.2 Å². The summed E-state index contributed by atoms with van der Waals surface area (Å²) >= 11 is 5.98. The molecule has 0 saturated heterocycles. The maximum atomic E-state index is 11.7. The molecule has 0 atom stereocenters. The zero-order valence-corrected chi connectivity index (χ0v) is 12.2. The van der Waals surface area contributed by atoms with Crippen molar-refractivity contribution in [3.05, 3.63) is 69.2 Å². The van der Waals surface area contributed by atoms with Crippen molar-refractivity contribution in [2.45, 2.75) is 6.54 Å². The minimum atomic E-state index is -0.523. The van der Waals surface area contributed by atoms with Crippen LogP contribution >= 0.6 is 11.6 Å². The largest absolute Gasteiger partial charge is 0.484 e. The molecule has 0 spiro atoms. The van der Waals surface area contributed by atoms with Gasteiger partial charge in [-0.2, -0.15) is 0 Å². The molecule has 0 aliphatic rings.